The lowest BCUT2D eigenvalue weighted by Gasteiger charge is -2.21. The normalized spacial score (nSPS) is 12.0. The molecule has 1 aromatic heterocycles. The highest BCUT2D eigenvalue weighted by Crippen LogP contribution is 2.24. The maximum Gasteiger partial charge on any atom is 0.239 e. The molecule has 0 spiro atoms. The summed E-state index contributed by atoms with van der Waals surface area (Å²) in [5, 5.41) is 12.3. The van der Waals surface area contributed by atoms with Gasteiger partial charge in [0.1, 0.15) is 5.01 Å². The minimum Gasteiger partial charge on any atom is -0.356 e. The summed E-state index contributed by atoms with van der Waals surface area (Å²) in [5.41, 5.74) is 3.20. The number of aliphatic imine (C=N–C) groups is 1. The fraction of sp³-hybridized carbons (Fsp3) is 0.450. The standard InChI is InChI=1S/C20H29N5OS/c1-14-6-8-15(9-7-14)18-24-16(13-27-18)10-11-22-19(21-5)23-12-17(26)25-20(2,3)4/h6-9,13H,10-12H2,1-5H3,(H,25,26)(H2,21,22,23). The molecule has 0 aliphatic heterocycles. The quantitative estimate of drug-likeness (QED) is 0.526. The number of guanidine groups is 1. The monoisotopic (exact) mass is 387 g/mol. The van der Waals surface area contributed by atoms with E-state index in [4.69, 9.17) is 4.98 Å². The van der Waals surface area contributed by atoms with Crippen molar-refractivity contribution in [2.75, 3.05) is 20.1 Å². The number of rotatable bonds is 6. The van der Waals surface area contributed by atoms with Gasteiger partial charge in [0.05, 0.1) is 12.2 Å². The average molecular weight is 388 g/mol. The minimum atomic E-state index is -0.241. The van der Waals surface area contributed by atoms with Gasteiger partial charge in [-0.25, -0.2) is 4.98 Å². The maximum absolute atomic E-state index is 11.9. The van der Waals surface area contributed by atoms with Gasteiger partial charge in [0.25, 0.3) is 0 Å². The minimum absolute atomic E-state index is 0.0623. The number of nitrogens with zero attached hydrogens (tertiary/aromatic N) is 2. The fourth-order valence-electron chi connectivity index (χ4n) is 2.41. The molecule has 0 saturated carbocycles. The molecule has 0 bridgehead atoms. The fourth-order valence-corrected chi connectivity index (χ4v) is 3.27. The molecular weight excluding hydrogens is 358 g/mol. The Hall–Kier alpha value is -2.41. The molecule has 0 saturated heterocycles. The van der Waals surface area contributed by atoms with E-state index in [2.05, 4.69) is 57.5 Å². The van der Waals surface area contributed by atoms with Crippen LogP contribution in [0.3, 0.4) is 0 Å². The van der Waals surface area contributed by atoms with Crippen molar-refractivity contribution in [3.05, 3.63) is 40.9 Å². The van der Waals surface area contributed by atoms with E-state index in [9.17, 15) is 4.79 Å². The number of aryl methyl sites for hydroxylation is 1. The summed E-state index contributed by atoms with van der Waals surface area (Å²) in [6.07, 6.45) is 0.789. The molecule has 0 radical (unpaired) electrons. The summed E-state index contributed by atoms with van der Waals surface area (Å²) in [5.74, 6) is 0.542. The van der Waals surface area contributed by atoms with Crippen molar-refractivity contribution in [3.63, 3.8) is 0 Å². The van der Waals surface area contributed by atoms with E-state index in [0.717, 1.165) is 22.7 Å². The van der Waals surface area contributed by atoms with Crippen molar-refractivity contribution in [3.8, 4) is 10.6 Å². The Morgan fingerprint density at radius 2 is 1.89 bits per heavy atom. The molecule has 0 unspecified atom stereocenters. The highest BCUT2D eigenvalue weighted by molar-refractivity contribution is 7.13. The van der Waals surface area contributed by atoms with Gasteiger partial charge >= 0.3 is 0 Å². The first-order chi connectivity index (χ1) is 12.8. The zero-order chi connectivity index (χ0) is 19.9. The SMILES string of the molecule is CN=C(NCCc1csc(-c2ccc(C)cc2)n1)NCC(=O)NC(C)(C)C. The molecule has 3 N–H and O–H groups in total. The maximum atomic E-state index is 11.9. The molecule has 0 aliphatic carbocycles. The highest BCUT2D eigenvalue weighted by Gasteiger charge is 2.13. The molecular formula is C20H29N5OS. The average Bonchev–Trinajstić information content (AvgIpc) is 3.06. The number of hydrogen-bond acceptors (Lipinski definition) is 4. The first-order valence-electron chi connectivity index (χ1n) is 9.04. The summed E-state index contributed by atoms with van der Waals surface area (Å²) >= 11 is 1.65. The molecule has 0 fully saturated rings. The van der Waals surface area contributed by atoms with E-state index in [1.165, 1.54) is 5.56 Å². The van der Waals surface area contributed by atoms with E-state index in [1.807, 2.05) is 20.8 Å². The van der Waals surface area contributed by atoms with Crippen LogP contribution in [0.15, 0.2) is 34.6 Å². The van der Waals surface area contributed by atoms with E-state index in [0.29, 0.717) is 12.5 Å². The second kappa shape index (κ2) is 9.50. The number of carbonyl (C=O) groups is 1. The number of benzene rings is 1. The number of nitrogens with one attached hydrogen (secondary N) is 3. The van der Waals surface area contributed by atoms with Crippen molar-refractivity contribution >= 4 is 23.2 Å². The second-order valence-electron chi connectivity index (χ2n) is 7.41. The van der Waals surface area contributed by atoms with Crippen LogP contribution < -0.4 is 16.0 Å². The van der Waals surface area contributed by atoms with Crippen LogP contribution in [-0.4, -0.2) is 42.5 Å². The van der Waals surface area contributed by atoms with Gasteiger partial charge in [-0.15, -0.1) is 11.3 Å². The second-order valence-corrected chi connectivity index (χ2v) is 8.27. The van der Waals surface area contributed by atoms with Crippen LogP contribution in [0, 0.1) is 6.92 Å². The first-order valence-corrected chi connectivity index (χ1v) is 9.92. The number of amides is 1. The molecule has 0 aliphatic rings. The van der Waals surface area contributed by atoms with Gasteiger partial charge < -0.3 is 16.0 Å². The largest absolute Gasteiger partial charge is 0.356 e. The highest BCUT2D eigenvalue weighted by atomic mass is 32.1. The lowest BCUT2D eigenvalue weighted by Crippen LogP contribution is -2.48. The first kappa shape index (κ1) is 20.9. The Balaban J connectivity index is 1.78. The van der Waals surface area contributed by atoms with Crippen molar-refractivity contribution in [2.24, 2.45) is 4.99 Å². The summed E-state index contributed by atoms with van der Waals surface area (Å²) in [7, 11) is 1.69. The van der Waals surface area contributed by atoms with Crippen LogP contribution in [0.5, 0.6) is 0 Å². The third-order valence-corrected chi connectivity index (χ3v) is 4.62. The molecule has 6 nitrogen and oxygen atoms in total. The topological polar surface area (TPSA) is 78.4 Å². The third kappa shape index (κ3) is 7.38. The van der Waals surface area contributed by atoms with Gasteiger partial charge in [0, 0.05) is 36.5 Å². The van der Waals surface area contributed by atoms with E-state index >= 15 is 0 Å². The molecule has 2 aromatic rings. The van der Waals surface area contributed by atoms with Gasteiger partial charge in [-0.05, 0) is 27.7 Å². The molecule has 1 aromatic carbocycles. The molecule has 146 valence electrons. The van der Waals surface area contributed by atoms with Gasteiger partial charge in [0.15, 0.2) is 5.96 Å². The summed E-state index contributed by atoms with van der Waals surface area (Å²) < 4.78 is 0. The van der Waals surface area contributed by atoms with E-state index in [1.54, 1.807) is 18.4 Å². The Bertz CT molecular complexity index is 774. The van der Waals surface area contributed by atoms with Crippen molar-refractivity contribution in [1.29, 1.82) is 0 Å². The zero-order valence-electron chi connectivity index (χ0n) is 16.7. The Kier molecular flexibility index (Phi) is 7.36. The smallest absolute Gasteiger partial charge is 0.239 e. The number of thiazole rings is 1. The van der Waals surface area contributed by atoms with Crippen LogP contribution in [0.4, 0.5) is 0 Å². The molecule has 0 atom stereocenters. The van der Waals surface area contributed by atoms with Gasteiger partial charge in [-0.1, -0.05) is 29.8 Å². The van der Waals surface area contributed by atoms with Crippen LogP contribution in [0.25, 0.3) is 10.6 Å². The zero-order valence-corrected chi connectivity index (χ0v) is 17.5. The van der Waals surface area contributed by atoms with E-state index in [-0.39, 0.29) is 18.0 Å². The summed E-state index contributed by atoms with van der Waals surface area (Å²) in [4.78, 5) is 20.7. The Morgan fingerprint density at radius 3 is 2.52 bits per heavy atom. The van der Waals surface area contributed by atoms with Crippen LogP contribution in [-0.2, 0) is 11.2 Å². The van der Waals surface area contributed by atoms with Crippen LogP contribution in [0.1, 0.15) is 32.0 Å². The molecule has 27 heavy (non-hydrogen) atoms. The van der Waals surface area contributed by atoms with Crippen molar-refractivity contribution in [2.45, 2.75) is 39.7 Å². The predicted molar refractivity (Wildman–Crippen MR) is 113 cm³/mol. The van der Waals surface area contributed by atoms with Gasteiger partial charge in [-0.3, -0.25) is 9.79 Å². The van der Waals surface area contributed by atoms with E-state index < -0.39 is 0 Å². The third-order valence-electron chi connectivity index (χ3n) is 3.68. The summed E-state index contributed by atoms with van der Waals surface area (Å²) in [6, 6.07) is 8.40. The van der Waals surface area contributed by atoms with Gasteiger partial charge in [-0.2, -0.15) is 0 Å². The lowest BCUT2D eigenvalue weighted by molar-refractivity contribution is -0.121. The molecule has 1 heterocycles. The predicted octanol–water partition coefficient (Wildman–Crippen LogP) is 2.74. The van der Waals surface area contributed by atoms with Crippen LogP contribution >= 0.6 is 11.3 Å². The number of carbonyl (C=O) groups excluding carboxylic acids is 1. The van der Waals surface area contributed by atoms with Crippen LogP contribution in [0.2, 0.25) is 0 Å². The van der Waals surface area contributed by atoms with Crippen molar-refractivity contribution < 1.29 is 4.79 Å². The summed E-state index contributed by atoms with van der Waals surface area (Å²) in [6.45, 7) is 8.82. The van der Waals surface area contributed by atoms with Crippen molar-refractivity contribution in [1.82, 2.24) is 20.9 Å². The molecule has 1 amide bonds. The molecule has 2 rings (SSSR count). The number of hydrogen-bond donors (Lipinski definition) is 3. The molecule has 7 heteroatoms. The number of aromatic nitrogens is 1. The van der Waals surface area contributed by atoms with Gasteiger partial charge in [0.2, 0.25) is 5.91 Å². The Morgan fingerprint density at radius 1 is 1.19 bits per heavy atom. The Labute approximate surface area is 165 Å². The lowest BCUT2D eigenvalue weighted by atomic mass is 10.1.